The van der Waals surface area contributed by atoms with Gasteiger partial charge in [0.25, 0.3) is 0 Å². The van der Waals surface area contributed by atoms with Crippen LogP contribution >= 0.6 is 11.6 Å². The number of rotatable bonds is 4. The first-order valence-corrected chi connectivity index (χ1v) is 15.8. The van der Waals surface area contributed by atoms with Gasteiger partial charge in [0, 0.05) is 36.6 Å². The van der Waals surface area contributed by atoms with Crippen molar-refractivity contribution in [3.63, 3.8) is 0 Å². The lowest BCUT2D eigenvalue weighted by molar-refractivity contribution is 0.108. The van der Waals surface area contributed by atoms with Crippen molar-refractivity contribution in [1.29, 1.82) is 0 Å². The van der Waals surface area contributed by atoms with Gasteiger partial charge in [-0.3, -0.25) is 4.90 Å². The molecule has 5 heterocycles. The van der Waals surface area contributed by atoms with E-state index in [-0.39, 0.29) is 50.6 Å². The van der Waals surface area contributed by atoms with Crippen molar-refractivity contribution in [2.45, 2.75) is 50.1 Å². The zero-order valence-electron chi connectivity index (χ0n) is 24.2. The zero-order valence-corrected chi connectivity index (χ0v) is 25.0. The molecular formula is C34H32ClF2N5O2. The standard InChI is InChI=1S/C34H32ClF2N5O2/c1-2-22-25(36)8-5-19-15-21(43)16-24(26(19)22)27-29(35)23-7-6-20-17-38-11-14-42(20)32-28(23)31(30(27)37)39-33(40-32)44-18-34-9-3-12-41(34)13-4-10-34/h1,5,8,15-16,20,38,43H,3-4,6-7,9-14,17-18H2. The molecule has 1 atom stereocenters. The van der Waals surface area contributed by atoms with E-state index < -0.39 is 11.6 Å². The summed E-state index contributed by atoms with van der Waals surface area (Å²) in [5.74, 6) is 1.64. The molecule has 10 heteroatoms. The lowest BCUT2D eigenvalue weighted by Gasteiger charge is -2.36. The molecule has 4 aliphatic rings. The molecule has 44 heavy (non-hydrogen) atoms. The predicted octanol–water partition coefficient (Wildman–Crippen LogP) is 5.80. The van der Waals surface area contributed by atoms with Crippen LogP contribution in [0.4, 0.5) is 14.6 Å². The van der Waals surface area contributed by atoms with E-state index in [1.807, 2.05) is 0 Å². The quantitative estimate of drug-likeness (QED) is 0.281. The Morgan fingerprint density at radius 3 is 2.75 bits per heavy atom. The number of fused-ring (bicyclic) bond motifs is 4. The Labute approximate surface area is 259 Å². The summed E-state index contributed by atoms with van der Waals surface area (Å²) in [5.41, 5.74) is 1.01. The van der Waals surface area contributed by atoms with Gasteiger partial charge in [0.1, 0.15) is 29.5 Å². The SMILES string of the molecule is C#Cc1c(F)ccc2cc(O)cc(-c3c(Cl)c4c5c(nc(OCC67CCCN6CCC7)nc5c3F)N3CCNCC3CC4)c12. The zero-order chi connectivity index (χ0) is 30.2. The van der Waals surface area contributed by atoms with E-state index in [0.717, 1.165) is 63.8 Å². The highest BCUT2D eigenvalue weighted by Gasteiger charge is 2.45. The Balaban J connectivity index is 1.37. The van der Waals surface area contributed by atoms with Crippen LogP contribution in [-0.2, 0) is 6.42 Å². The fraction of sp³-hybridized carbons (Fsp3) is 0.412. The number of aromatic hydroxyl groups is 1. The average molecular weight is 616 g/mol. The minimum absolute atomic E-state index is 0.0218. The van der Waals surface area contributed by atoms with Gasteiger partial charge in [-0.25, -0.2) is 8.78 Å². The molecule has 2 N–H and O–H groups in total. The van der Waals surface area contributed by atoms with E-state index in [1.54, 1.807) is 0 Å². The first-order valence-electron chi connectivity index (χ1n) is 15.4. The largest absolute Gasteiger partial charge is 0.508 e. The van der Waals surface area contributed by atoms with Gasteiger partial charge in [-0.05, 0) is 86.3 Å². The van der Waals surface area contributed by atoms with Gasteiger partial charge >= 0.3 is 6.01 Å². The molecule has 8 rings (SSSR count). The molecule has 0 bridgehead atoms. The normalized spacial score (nSPS) is 20.9. The van der Waals surface area contributed by atoms with E-state index >= 15 is 4.39 Å². The number of terminal acetylenes is 1. The first-order chi connectivity index (χ1) is 21.4. The van der Waals surface area contributed by atoms with Gasteiger partial charge in [-0.2, -0.15) is 9.97 Å². The Hall–Kier alpha value is -3.71. The van der Waals surface area contributed by atoms with Gasteiger partial charge in [0.05, 0.1) is 21.5 Å². The third-order valence-electron chi connectivity index (χ3n) is 10.2. The van der Waals surface area contributed by atoms with E-state index in [9.17, 15) is 9.50 Å². The monoisotopic (exact) mass is 615 g/mol. The number of phenolic OH excluding ortho intramolecular Hbond substituents is 1. The van der Waals surface area contributed by atoms with Crippen LogP contribution in [0.3, 0.4) is 0 Å². The van der Waals surface area contributed by atoms with Crippen LogP contribution in [-0.4, -0.2) is 70.9 Å². The number of benzene rings is 3. The molecule has 0 spiro atoms. The number of aromatic nitrogens is 2. The molecular weight excluding hydrogens is 584 g/mol. The minimum Gasteiger partial charge on any atom is -0.508 e. The van der Waals surface area contributed by atoms with Gasteiger partial charge < -0.3 is 20.1 Å². The number of halogens is 3. The molecule has 7 nitrogen and oxygen atoms in total. The fourth-order valence-electron chi connectivity index (χ4n) is 8.12. The fourth-order valence-corrected chi connectivity index (χ4v) is 8.49. The molecule has 3 saturated heterocycles. The third kappa shape index (κ3) is 4.15. The lowest BCUT2D eigenvalue weighted by Crippen LogP contribution is -2.51. The number of nitrogens with one attached hydrogen (secondary N) is 1. The molecule has 4 aromatic rings. The highest BCUT2D eigenvalue weighted by atomic mass is 35.5. The Bertz CT molecular complexity index is 1880. The van der Waals surface area contributed by atoms with Gasteiger partial charge in [0.2, 0.25) is 0 Å². The van der Waals surface area contributed by atoms with Crippen molar-refractivity contribution in [3.05, 3.63) is 52.0 Å². The van der Waals surface area contributed by atoms with E-state index in [1.165, 1.54) is 24.3 Å². The molecule has 1 unspecified atom stereocenters. The summed E-state index contributed by atoms with van der Waals surface area (Å²) in [6.45, 7) is 4.82. The maximum absolute atomic E-state index is 17.1. The van der Waals surface area contributed by atoms with Crippen LogP contribution in [0.2, 0.25) is 5.02 Å². The number of phenols is 1. The predicted molar refractivity (Wildman–Crippen MR) is 168 cm³/mol. The highest BCUT2D eigenvalue weighted by molar-refractivity contribution is 6.36. The van der Waals surface area contributed by atoms with Crippen LogP contribution in [0.1, 0.15) is 43.2 Å². The van der Waals surface area contributed by atoms with E-state index in [2.05, 4.69) is 21.0 Å². The number of aryl methyl sites for hydroxylation is 1. The smallest absolute Gasteiger partial charge is 0.319 e. The average Bonchev–Trinajstić information content (AvgIpc) is 3.56. The second-order valence-electron chi connectivity index (χ2n) is 12.5. The molecule has 4 aliphatic heterocycles. The van der Waals surface area contributed by atoms with Crippen molar-refractivity contribution in [1.82, 2.24) is 20.2 Å². The second kappa shape index (κ2) is 10.4. The first kappa shape index (κ1) is 27.8. The van der Waals surface area contributed by atoms with Crippen molar-refractivity contribution < 1.29 is 18.6 Å². The number of hydrogen-bond donors (Lipinski definition) is 2. The summed E-state index contributed by atoms with van der Waals surface area (Å²) < 4.78 is 38.5. The van der Waals surface area contributed by atoms with Crippen molar-refractivity contribution >= 4 is 39.1 Å². The molecule has 1 aromatic heterocycles. The van der Waals surface area contributed by atoms with Crippen molar-refractivity contribution in [3.8, 4) is 35.2 Å². The lowest BCUT2D eigenvalue weighted by atomic mass is 9.90. The minimum atomic E-state index is -0.684. The molecule has 0 radical (unpaired) electrons. The summed E-state index contributed by atoms with van der Waals surface area (Å²) in [7, 11) is 0. The maximum atomic E-state index is 17.1. The maximum Gasteiger partial charge on any atom is 0.319 e. The number of nitrogens with zero attached hydrogens (tertiary/aromatic N) is 4. The molecule has 3 aromatic carbocycles. The summed E-state index contributed by atoms with van der Waals surface area (Å²) >= 11 is 7.15. The number of piperazine rings is 1. The van der Waals surface area contributed by atoms with Gasteiger partial charge in [-0.15, -0.1) is 6.42 Å². The van der Waals surface area contributed by atoms with Crippen LogP contribution in [0.25, 0.3) is 32.8 Å². The summed E-state index contributed by atoms with van der Waals surface area (Å²) in [6.07, 6.45) is 11.5. The number of hydrogen-bond acceptors (Lipinski definition) is 7. The molecule has 226 valence electrons. The van der Waals surface area contributed by atoms with Crippen molar-refractivity contribution in [2.24, 2.45) is 0 Å². The number of anilines is 1. The second-order valence-corrected chi connectivity index (χ2v) is 12.9. The highest BCUT2D eigenvalue weighted by Crippen LogP contribution is 2.48. The topological polar surface area (TPSA) is 73.8 Å². The Morgan fingerprint density at radius 1 is 1.14 bits per heavy atom. The number of ether oxygens (including phenoxy) is 1. The van der Waals surface area contributed by atoms with Crippen LogP contribution in [0.5, 0.6) is 11.8 Å². The Kier molecular flexibility index (Phi) is 6.60. The van der Waals surface area contributed by atoms with E-state index in [4.69, 9.17) is 32.7 Å². The Morgan fingerprint density at radius 2 is 1.95 bits per heavy atom. The van der Waals surface area contributed by atoms with Crippen LogP contribution in [0.15, 0.2) is 24.3 Å². The van der Waals surface area contributed by atoms with Gasteiger partial charge in [0.15, 0.2) is 5.82 Å². The summed E-state index contributed by atoms with van der Waals surface area (Å²) in [4.78, 5) is 14.4. The molecule has 0 amide bonds. The van der Waals surface area contributed by atoms with Crippen LogP contribution in [0, 0.1) is 24.0 Å². The molecule has 3 fully saturated rings. The van der Waals surface area contributed by atoms with Crippen LogP contribution < -0.4 is 15.0 Å². The van der Waals surface area contributed by atoms with E-state index in [0.29, 0.717) is 41.5 Å². The molecule has 0 saturated carbocycles. The molecule has 0 aliphatic carbocycles. The van der Waals surface area contributed by atoms with Crippen molar-refractivity contribution in [2.75, 3.05) is 44.2 Å². The third-order valence-corrected chi connectivity index (χ3v) is 10.6. The summed E-state index contributed by atoms with van der Waals surface area (Å²) in [5, 5.41) is 15.7. The summed E-state index contributed by atoms with van der Waals surface area (Å²) in [6, 6.07) is 5.90. The van der Waals surface area contributed by atoms with Gasteiger partial charge in [-0.1, -0.05) is 23.6 Å².